The summed E-state index contributed by atoms with van der Waals surface area (Å²) in [6.07, 6.45) is 4.27. The van der Waals surface area contributed by atoms with Crippen LogP contribution in [-0.2, 0) is 9.53 Å². The summed E-state index contributed by atoms with van der Waals surface area (Å²) in [5, 5.41) is 11.6. The lowest BCUT2D eigenvalue weighted by atomic mass is 9.98. The number of amides is 1. The third kappa shape index (κ3) is 3.14. The van der Waals surface area contributed by atoms with Crippen LogP contribution >= 0.6 is 0 Å². The zero-order valence-corrected chi connectivity index (χ0v) is 14.4. The van der Waals surface area contributed by atoms with Crippen LogP contribution in [0.1, 0.15) is 30.4 Å². The van der Waals surface area contributed by atoms with Gasteiger partial charge in [-0.3, -0.25) is 0 Å². The van der Waals surface area contributed by atoms with Crippen molar-refractivity contribution in [3.05, 3.63) is 59.7 Å². The van der Waals surface area contributed by atoms with Crippen molar-refractivity contribution in [2.24, 2.45) is 0 Å². The van der Waals surface area contributed by atoms with Crippen molar-refractivity contribution in [1.29, 1.82) is 0 Å². The van der Waals surface area contributed by atoms with E-state index in [1.54, 1.807) is 0 Å². The minimum Gasteiger partial charge on any atom is -0.479 e. The highest BCUT2D eigenvalue weighted by atomic mass is 16.5. The van der Waals surface area contributed by atoms with E-state index in [1.807, 2.05) is 48.5 Å². The highest BCUT2D eigenvalue weighted by Gasteiger charge is 2.35. The summed E-state index contributed by atoms with van der Waals surface area (Å²) in [4.78, 5) is 23.5. The summed E-state index contributed by atoms with van der Waals surface area (Å²) in [6, 6.07) is 16.0. The molecule has 1 aliphatic carbocycles. The first-order valence-corrected chi connectivity index (χ1v) is 8.26. The Morgan fingerprint density at radius 3 is 2.19 bits per heavy atom. The SMILES string of the molecule is C#CCC(C)(NC(=O)OCC1c2ccccc2-c2ccccc21)C(=O)O. The number of benzene rings is 2. The molecule has 0 radical (unpaired) electrons. The molecule has 3 rings (SSSR count). The van der Waals surface area contributed by atoms with Crippen molar-refractivity contribution < 1.29 is 19.4 Å². The quantitative estimate of drug-likeness (QED) is 0.812. The summed E-state index contributed by atoms with van der Waals surface area (Å²) in [7, 11) is 0. The largest absolute Gasteiger partial charge is 0.479 e. The third-order valence-corrected chi connectivity index (χ3v) is 4.65. The molecular weight excluding hydrogens is 330 g/mol. The molecule has 2 aromatic carbocycles. The van der Waals surface area contributed by atoms with Gasteiger partial charge in [0, 0.05) is 12.3 Å². The van der Waals surface area contributed by atoms with Crippen LogP contribution in [0.5, 0.6) is 0 Å². The summed E-state index contributed by atoms with van der Waals surface area (Å²) in [5.41, 5.74) is 2.87. The molecule has 0 fully saturated rings. The minimum absolute atomic E-state index is 0.0862. The Bertz CT molecular complexity index is 853. The number of nitrogens with one attached hydrogen (secondary N) is 1. The Morgan fingerprint density at radius 1 is 1.15 bits per heavy atom. The highest BCUT2D eigenvalue weighted by molar-refractivity contribution is 5.84. The molecule has 1 unspecified atom stereocenters. The molecule has 1 aliphatic rings. The second-order valence-corrected chi connectivity index (χ2v) is 6.47. The summed E-state index contributed by atoms with van der Waals surface area (Å²) >= 11 is 0. The second kappa shape index (κ2) is 6.93. The Kier molecular flexibility index (Phi) is 4.68. The number of hydrogen-bond donors (Lipinski definition) is 2. The predicted octanol–water partition coefficient (Wildman–Crippen LogP) is 3.39. The molecule has 0 spiro atoms. The van der Waals surface area contributed by atoms with E-state index in [4.69, 9.17) is 11.2 Å². The topological polar surface area (TPSA) is 75.6 Å². The zero-order valence-electron chi connectivity index (χ0n) is 14.4. The van der Waals surface area contributed by atoms with E-state index in [1.165, 1.54) is 6.92 Å². The maximum Gasteiger partial charge on any atom is 0.408 e. The number of carbonyl (C=O) groups excluding carboxylic acids is 1. The molecular formula is C21H19NO4. The first kappa shape index (κ1) is 17.6. The van der Waals surface area contributed by atoms with Crippen molar-refractivity contribution in [1.82, 2.24) is 5.32 Å². The first-order chi connectivity index (χ1) is 12.5. The van der Waals surface area contributed by atoms with Gasteiger partial charge < -0.3 is 15.2 Å². The standard InChI is InChI=1S/C21H19NO4/c1-3-12-21(2,19(23)24)22-20(25)26-13-18-16-10-6-4-8-14(16)15-9-5-7-11-17(15)18/h1,4-11,18H,12-13H2,2H3,(H,22,25)(H,23,24). The van der Waals surface area contributed by atoms with Crippen LogP contribution in [0, 0.1) is 12.3 Å². The van der Waals surface area contributed by atoms with E-state index in [0.717, 1.165) is 22.3 Å². The summed E-state index contributed by atoms with van der Waals surface area (Å²) in [5.74, 6) is 0.976. The first-order valence-electron chi connectivity index (χ1n) is 8.26. The second-order valence-electron chi connectivity index (χ2n) is 6.47. The fourth-order valence-corrected chi connectivity index (χ4v) is 3.24. The Balaban J connectivity index is 1.75. The molecule has 1 amide bonds. The fraction of sp³-hybridized carbons (Fsp3) is 0.238. The average Bonchev–Trinajstić information content (AvgIpc) is 2.94. The predicted molar refractivity (Wildman–Crippen MR) is 97.7 cm³/mol. The molecule has 0 aliphatic heterocycles. The monoisotopic (exact) mass is 349 g/mol. The molecule has 26 heavy (non-hydrogen) atoms. The van der Waals surface area contributed by atoms with Crippen molar-refractivity contribution >= 4 is 12.1 Å². The van der Waals surface area contributed by atoms with Crippen molar-refractivity contribution in [3.8, 4) is 23.5 Å². The number of aliphatic carboxylic acids is 1. The molecule has 1 atom stereocenters. The van der Waals surface area contributed by atoms with Gasteiger partial charge >= 0.3 is 12.1 Å². The molecule has 0 saturated heterocycles. The molecule has 132 valence electrons. The highest BCUT2D eigenvalue weighted by Crippen LogP contribution is 2.44. The van der Waals surface area contributed by atoms with Crippen LogP contribution in [-0.4, -0.2) is 29.3 Å². The number of carboxylic acids is 1. The number of rotatable bonds is 5. The van der Waals surface area contributed by atoms with Gasteiger partial charge in [-0.25, -0.2) is 9.59 Å². The van der Waals surface area contributed by atoms with E-state index in [-0.39, 0.29) is 18.9 Å². The number of terminal acetylenes is 1. The Labute approximate surface area is 152 Å². The van der Waals surface area contributed by atoms with E-state index in [9.17, 15) is 14.7 Å². The normalized spacial score (nSPS) is 14.5. The van der Waals surface area contributed by atoms with E-state index >= 15 is 0 Å². The zero-order chi connectivity index (χ0) is 18.7. The van der Waals surface area contributed by atoms with Gasteiger partial charge in [-0.05, 0) is 29.2 Å². The van der Waals surface area contributed by atoms with Gasteiger partial charge in [0.2, 0.25) is 0 Å². The van der Waals surface area contributed by atoms with Crippen LogP contribution in [0.25, 0.3) is 11.1 Å². The third-order valence-electron chi connectivity index (χ3n) is 4.65. The van der Waals surface area contributed by atoms with Gasteiger partial charge in [0.15, 0.2) is 0 Å². The number of carboxylic acid groups (broad SMARTS) is 1. The molecule has 0 saturated carbocycles. The van der Waals surface area contributed by atoms with E-state index < -0.39 is 17.6 Å². The molecule has 5 heteroatoms. The van der Waals surface area contributed by atoms with Gasteiger partial charge in [-0.1, -0.05) is 48.5 Å². The van der Waals surface area contributed by atoms with Crippen molar-refractivity contribution in [2.75, 3.05) is 6.61 Å². The van der Waals surface area contributed by atoms with Crippen molar-refractivity contribution in [2.45, 2.75) is 24.8 Å². The van der Waals surface area contributed by atoms with Gasteiger partial charge in [0.05, 0.1) is 0 Å². The lowest BCUT2D eigenvalue weighted by molar-refractivity contribution is -0.143. The lowest BCUT2D eigenvalue weighted by Crippen LogP contribution is -2.52. The average molecular weight is 349 g/mol. The van der Waals surface area contributed by atoms with Crippen LogP contribution in [0.2, 0.25) is 0 Å². The van der Waals surface area contributed by atoms with Gasteiger partial charge in [-0.2, -0.15) is 0 Å². The van der Waals surface area contributed by atoms with Gasteiger partial charge in [0.25, 0.3) is 0 Å². The maximum absolute atomic E-state index is 12.2. The Morgan fingerprint density at radius 2 is 1.69 bits per heavy atom. The smallest absolute Gasteiger partial charge is 0.408 e. The number of carbonyl (C=O) groups is 2. The molecule has 5 nitrogen and oxygen atoms in total. The summed E-state index contributed by atoms with van der Waals surface area (Å²) in [6.45, 7) is 1.47. The minimum atomic E-state index is -1.56. The van der Waals surface area contributed by atoms with E-state index in [0.29, 0.717) is 0 Å². The number of alkyl carbamates (subject to hydrolysis) is 1. The van der Waals surface area contributed by atoms with Crippen LogP contribution in [0.15, 0.2) is 48.5 Å². The van der Waals surface area contributed by atoms with Crippen LogP contribution in [0.3, 0.4) is 0 Å². The van der Waals surface area contributed by atoms with E-state index in [2.05, 4.69) is 11.2 Å². The molecule has 2 aromatic rings. The molecule has 2 N–H and O–H groups in total. The number of ether oxygens (including phenoxy) is 1. The van der Waals surface area contributed by atoms with Crippen LogP contribution in [0.4, 0.5) is 4.79 Å². The summed E-state index contributed by atoms with van der Waals surface area (Å²) < 4.78 is 5.35. The Hall–Kier alpha value is -3.26. The number of hydrogen-bond acceptors (Lipinski definition) is 3. The van der Waals surface area contributed by atoms with Crippen molar-refractivity contribution in [3.63, 3.8) is 0 Å². The lowest BCUT2D eigenvalue weighted by Gasteiger charge is -2.24. The maximum atomic E-state index is 12.2. The molecule has 0 aromatic heterocycles. The number of fused-ring (bicyclic) bond motifs is 3. The fourth-order valence-electron chi connectivity index (χ4n) is 3.24. The van der Waals surface area contributed by atoms with Gasteiger partial charge in [-0.15, -0.1) is 12.3 Å². The molecule has 0 heterocycles. The van der Waals surface area contributed by atoms with Gasteiger partial charge in [0.1, 0.15) is 12.1 Å². The molecule has 0 bridgehead atoms. The van der Waals surface area contributed by atoms with Crippen LogP contribution < -0.4 is 5.32 Å².